The van der Waals surface area contributed by atoms with Gasteiger partial charge in [-0.1, -0.05) is 91.7 Å². The summed E-state index contributed by atoms with van der Waals surface area (Å²) in [5.41, 5.74) is 14.1. The van der Waals surface area contributed by atoms with E-state index in [0.29, 0.717) is 37.2 Å². The van der Waals surface area contributed by atoms with Crippen LogP contribution in [0.15, 0.2) is 121 Å². The lowest BCUT2D eigenvalue weighted by Crippen LogP contribution is -2.49. The van der Waals surface area contributed by atoms with Crippen LogP contribution in [0.5, 0.6) is 0 Å². The number of aliphatic hydroxyl groups is 1. The van der Waals surface area contributed by atoms with Crippen LogP contribution in [0.3, 0.4) is 0 Å². The smallest absolute Gasteiger partial charge is 0.269 e. The summed E-state index contributed by atoms with van der Waals surface area (Å²) in [5, 5.41) is 26.7. The molecule has 13 heteroatoms. The molecular weight excluding hydrogens is 785 g/mol. The van der Waals surface area contributed by atoms with Crippen molar-refractivity contribution in [1.82, 2.24) is 10.2 Å². The predicted octanol–water partition coefficient (Wildman–Crippen LogP) is 8.30. The van der Waals surface area contributed by atoms with Gasteiger partial charge in [-0.25, -0.2) is 0 Å². The van der Waals surface area contributed by atoms with Crippen molar-refractivity contribution in [3.63, 3.8) is 0 Å². The number of nitrogen functional groups attached to an aromatic ring is 1. The van der Waals surface area contributed by atoms with E-state index in [4.69, 9.17) is 15.2 Å². The molecule has 5 N–H and O–H groups in total. The molecule has 0 aromatic heterocycles. The van der Waals surface area contributed by atoms with Crippen molar-refractivity contribution in [2.24, 2.45) is 0 Å². The maximum absolute atomic E-state index is 12.7. The van der Waals surface area contributed by atoms with E-state index in [1.807, 2.05) is 60.7 Å². The number of nitrogens with two attached hydrogens (primary N) is 1. The fourth-order valence-electron chi connectivity index (χ4n) is 8.03. The molecule has 2 heterocycles. The van der Waals surface area contributed by atoms with Crippen molar-refractivity contribution in [3.8, 4) is 11.1 Å². The third-order valence-electron chi connectivity index (χ3n) is 11.6. The van der Waals surface area contributed by atoms with Crippen LogP contribution in [0.2, 0.25) is 0 Å². The molecule has 2 amide bonds. The van der Waals surface area contributed by atoms with E-state index in [0.717, 1.165) is 97.5 Å². The van der Waals surface area contributed by atoms with E-state index < -0.39 is 6.29 Å². The van der Waals surface area contributed by atoms with E-state index in [-0.39, 0.29) is 41.2 Å². The van der Waals surface area contributed by atoms with E-state index in [1.165, 1.54) is 0 Å². The van der Waals surface area contributed by atoms with E-state index in [9.17, 15) is 24.8 Å². The molecule has 13 nitrogen and oxygen atoms in total. The number of piperazine rings is 1. The first-order valence-electron chi connectivity index (χ1n) is 21.5. The maximum atomic E-state index is 12.7. The molecule has 2 fully saturated rings. The third-order valence-corrected chi connectivity index (χ3v) is 11.6. The Bertz CT molecular complexity index is 2250. The number of rotatable bonds is 18. The van der Waals surface area contributed by atoms with E-state index >= 15 is 0 Å². The number of amides is 2. The van der Waals surface area contributed by atoms with Crippen LogP contribution in [0.25, 0.3) is 11.1 Å². The molecule has 62 heavy (non-hydrogen) atoms. The predicted molar refractivity (Wildman–Crippen MR) is 241 cm³/mol. The van der Waals surface area contributed by atoms with Gasteiger partial charge in [0, 0.05) is 81.9 Å². The number of aliphatic hydroxyl groups excluding tert-OH is 1. The number of carbonyl (C=O) groups is 2. The number of nitro groups is 1. The summed E-state index contributed by atoms with van der Waals surface area (Å²) < 4.78 is 13.3. The van der Waals surface area contributed by atoms with Gasteiger partial charge in [0.2, 0.25) is 11.8 Å². The number of benzene rings is 5. The Morgan fingerprint density at radius 2 is 1.44 bits per heavy atom. The fourth-order valence-corrected chi connectivity index (χ4v) is 8.03. The summed E-state index contributed by atoms with van der Waals surface area (Å²) in [5.74, 6) is -0.0476. The first kappa shape index (κ1) is 44.0. The Morgan fingerprint density at radius 1 is 0.742 bits per heavy atom. The van der Waals surface area contributed by atoms with Crippen molar-refractivity contribution in [2.45, 2.75) is 76.6 Å². The molecule has 2 aliphatic heterocycles. The van der Waals surface area contributed by atoms with Crippen molar-refractivity contribution >= 4 is 34.6 Å². The molecule has 3 unspecified atom stereocenters. The van der Waals surface area contributed by atoms with Crippen LogP contribution in [0.4, 0.5) is 22.7 Å². The first-order chi connectivity index (χ1) is 30.2. The lowest BCUT2D eigenvalue weighted by Gasteiger charge is -2.41. The molecule has 5 aromatic carbocycles. The summed E-state index contributed by atoms with van der Waals surface area (Å²) in [6.45, 7) is 4.45. The Labute approximate surface area is 363 Å². The molecule has 0 radical (unpaired) electrons. The molecule has 0 bridgehead atoms. The minimum absolute atomic E-state index is 0.00925. The van der Waals surface area contributed by atoms with Gasteiger partial charge in [-0.05, 0) is 71.0 Å². The van der Waals surface area contributed by atoms with Gasteiger partial charge in [-0.3, -0.25) is 24.6 Å². The molecule has 0 saturated carbocycles. The second kappa shape index (κ2) is 21.6. The van der Waals surface area contributed by atoms with Crippen LogP contribution in [-0.4, -0.2) is 65.6 Å². The molecule has 3 atom stereocenters. The minimum atomic E-state index is -0.577. The lowest BCUT2D eigenvalue weighted by atomic mass is 9.98. The van der Waals surface area contributed by atoms with Crippen LogP contribution < -0.4 is 21.3 Å². The number of non-ortho nitro benzene ring substituents is 1. The minimum Gasteiger partial charge on any atom is -0.397 e. The number of hydrogen-bond donors (Lipinski definition) is 4. The van der Waals surface area contributed by atoms with Crippen LogP contribution in [0, 0.1) is 10.1 Å². The third kappa shape index (κ3) is 12.3. The molecule has 5 aromatic rings. The fraction of sp³-hybridized carbons (Fsp3) is 0.347. The summed E-state index contributed by atoms with van der Waals surface area (Å²) in [7, 11) is 0. The second-order valence-corrected chi connectivity index (χ2v) is 16.1. The average Bonchev–Trinajstić information content (AvgIpc) is 3.30. The average molecular weight is 841 g/mol. The maximum Gasteiger partial charge on any atom is 0.269 e. The Kier molecular flexibility index (Phi) is 15.3. The van der Waals surface area contributed by atoms with Crippen LogP contribution in [-0.2, 0) is 32.2 Å². The lowest BCUT2D eigenvalue weighted by molar-refractivity contribution is -0.384. The Morgan fingerprint density at radius 3 is 2.13 bits per heavy atom. The largest absolute Gasteiger partial charge is 0.397 e. The van der Waals surface area contributed by atoms with Crippen LogP contribution in [0.1, 0.15) is 79.6 Å². The van der Waals surface area contributed by atoms with Crippen molar-refractivity contribution in [2.75, 3.05) is 48.7 Å². The highest BCUT2D eigenvalue weighted by Crippen LogP contribution is 2.39. The number of unbranched alkanes of at least 4 members (excludes halogenated alkanes) is 3. The SMILES string of the molecule is Nc1ccccc1NC(=O)CCCCCCC(=O)NCc1cccc(-c2ccc(C3OC(CN4CCN(c5ccc([N+](=O)[O-])cc5)CC4)CC(c4ccc(CO)cc4)O3)cc2)c1. The van der Waals surface area contributed by atoms with Gasteiger partial charge in [-0.15, -0.1) is 0 Å². The zero-order valence-electron chi connectivity index (χ0n) is 35.0. The number of carbonyl (C=O) groups excluding carboxylic acids is 2. The zero-order chi connectivity index (χ0) is 43.3. The Balaban J connectivity index is 0.894. The van der Waals surface area contributed by atoms with E-state index in [1.54, 1.807) is 24.3 Å². The number of para-hydroxylation sites is 2. The second-order valence-electron chi connectivity index (χ2n) is 16.1. The van der Waals surface area contributed by atoms with Gasteiger partial charge in [0.15, 0.2) is 6.29 Å². The highest BCUT2D eigenvalue weighted by atomic mass is 16.7. The van der Waals surface area contributed by atoms with Gasteiger partial charge in [0.25, 0.3) is 5.69 Å². The molecule has 324 valence electrons. The highest BCUT2D eigenvalue weighted by Gasteiger charge is 2.34. The molecule has 7 rings (SSSR count). The van der Waals surface area contributed by atoms with Crippen molar-refractivity contribution in [1.29, 1.82) is 0 Å². The molecular formula is C49H56N6O7. The van der Waals surface area contributed by atoms with Gasteiger partial charge in [0.05, 0.1) is 35.1 Å². The first-order valence-corrected chi connectivity index (χ1v) is 21.5. The zero-order valence-corrected chi connectivity index (χ0v) is 35.0. The molecule has 0 aliphatic carbocycles. The van der Waals surface area contributed by atoms with Crippen LogP contribution >= 0.6 is 0 Å². The quantitative estimate of drug-likeness (QED) is 0.0291. The molecule has 0 spiro atoms. The standard InChI is InChI=1S/C49H56N6O7/c50-44-10-5-6-11-45(44)52-48(58)13-4-2-1-3-12-47(57)51-32-36-8-7-9-40(30-36)37-18-20-39(21-19-37)49-61-43(31-46(62-49)38-16-14-35(34-56)15-17-38)33-53-26-28-54(29-27-53)41-22-24-42(25-23-41)55(59)60/h5-11,14-25,30,43,46,49,56H,1-4,12-13,26-29,31-34,50H2,(H,51,57)(H,52,58). The summed E-state index contributed by atoms with van der Waals surface area (Å²) in [6.07, 6.45) is 3.95. The number of nitrogens with zero attached hydrogens (tertiary/aromatic N) is 3. The number of hydrogen-bond acceptors (Lipinski definition) is 10. The summed E-state index contributed by atoms with van der Waals surface area (Å²) in [6, 6.07) is 38.3. The Hall–Kier alpha value is -6.12. The van der Waals surface area contributed by atoms with Crippen molar-refractivity contribution < 1.29 is 29.1 Å². The van der Waals surface area contributed by atoms with Gasteiger partial charge < -0.3 is 35.8 Å². The number of ether oxygens (including phenoxy) is 2. The monoisotopic (exact) mass is 840 g/mol. The topological polar surface area (TPSA) is 173 Å². The van der Waals surface area contributed by atoms with Gasteiger partial charge in [-0.2, -0.15) is 0 Å². The normalized spacial score (nSPS) is 18.0. The molecule has 2 saturated heterocycles. The molecule has 2 aliphatic rings. The van der Waals surface area contributed by atoms with E-state index in [2.05, 4.69) is 56.8 Å². The summed E-state index contributed by atoms with van der Waals surface area (Å²) in [4.78, 5) is 40.3. The van der Waals surface area contributed by atoms with Crippen molar-refractivity contribution in [3.05, 3.63) is 154 Å². The number of anilines is 3. The number of nitrogens with one attached hydrogen (secondary N) is 2. The number of nitro benzene ring substituents is 1. The van der Waals surface area contributed by atoms with Gasteiger partial charge in [0.1, 0.15) is 0 Å². The van der Waals surface area contributed by atoms with Gasteiger partial charge >= 0.3 is 0 Å². The highest BCUT2D eigenvalue weighted by molar-refractivity contribution is 5.93. The summed E-state index contributed by atoms with van der Waals surface area (Å²) >= 11 is 0.